The zero-order valence-corrected chi connectivity index (χ0v) is 16.4. The van der Waals surface area contributed by atoms with Gasteiger partial charge in [0.15, 0.2) is 0 Å². The first-order valence-electron chi connectivity index (χ1n) is 9.42. The summed E-state index contributed by atoms with van der Waals surface area (Å²) < 4.78 is 2.85. The zero-order valence-electron chi connectivity index (χ0n) is 15.5. The number of amides is 2. The fraction of sp³-hybridized carbons (Fsp3) is 0.421. The second-order valence-corrected chi connectivity index (χ2v) is 8.62. The van der Waals surface area contributed by atoms with E-state index in [0.29, 0.717) is 31.6 Å². The topological polar surface area (TPSA) is 84.2 Å². The summed E-state index contributed by atoms with van der Waals surface area (Å²) in [6.45, 7) is 4.51. The summed E-state index contributed by atoms with van der Waals surface area (Å²) in [5.41, 5.74) is 2.43. The highest BCUT2D eigenvalue weighted by atomic mass is 32.1. The lowest BCUT2D eigenvalue weighted by atomic mass is 10.1. The van der Waals surface area contributed by atoms with Crippen LogP contribution in [0.2, 0.25) is 0 Å². The number of fused-ring (bicyclic) bond motifs is 1. The van der Waals surface area contributed by atoms with Gasteiger partial charge in [0.2, 0.25) is 5.91 Å². The number of hydrogen-bond donors (Lipinski definition) is 0. The van der Waals surface area contributed by atoms with Crippen molar-refractivity contribution in [3.63, 3.8) is 0 Å². The van der Waals surface area contributed by atoms with E-state index in [4.69, 9.17) is 0 Å². The van der Waals surface area contributed by atoms with Gasteiger partial charge in [-0.15, -0.1) is 16.4 Å². The van der Waals surface area contributed by atoms with Crippen LogP contribution in [0.1, 0.15) is 39.9 Å². The van der Waals surface area contributed by atoms with Gasteiger partial charge in [-0.25, -0.2) is 9.67 Å². The average Bonchev–Trinajstić information content (AvgIpc) is 3.34. The van der Waals surface area contributed by atoms with E-state index in [0.717, 1.165) is 33.9 Å². The van der Waals surface area contributed by atoms with E-state index in [-0.39, 0.29) is 17.9 Å². The minimum absolute atomic E-state index is 0.0344. The molecule has 4 heterocycles. The Morgan fingerprint density at radius 3 is 2.96 bits per heavy atom. The third-order valence-corrected chi connectivity index (χ3v) is 6.28. The summed E-state index contributed by atoms with van der Waals surface area (Å²) in [6, 6.07) is 5.81. The standard InChI is InChI=1S/C19H20N6O2S/c1-12-20-16-5-4-13(7-17(16)28-12)19(27)24-10-15(11-24)25-9-14(21-22-25)8-23-6-2-3-18(23)26/h4-5,7,9,15H,2-3,6,8,10-11H2,1H3. The molecule has 2 saturated heterocycles. The van der Waals surface area contributed by atoms with E-state index in [1.54, 1.807) is 11.3 Å². The Morgan fingerprint density at radius 1 is 1.32 bits per heavy atom. The minimum atomic E-state index is 0.0344. The summed E-state index contributed by atoms with van der Waals surface area (Å²) in [7, 11) is 0. The Bertz CT molecular complexity index is 1070. The lowest BCUT2D eigenvalue weighted by Crippen LogP contribution is -2.50. The molecule has 1 aromatic carbocycles. The maximum atomic E-state index is 12.7. The zero-order chi connectivity index (χ0) is 19.3. The van der Waals surface area contributed by atoms with E-state index >= 15 is 0 Å². The van der Waals surface area contributed by atoms with Crippen LogP contribution < -0.4 is 0 Å². The van der Waals surface area contributed by atoms with Gasteiger partial charge < -0.3 is 9.80 Å². The molecular formula is C19H20N6O2S. The van der Waals surface area contributed by atoms with Crippen LogP contribution >= 0.6 is 11.3 Å². The summed E-state index contributed by atoms with van der Waals surface area (Å²) in [5, 5.41) is 9.39. The second-order valence-electron chi connectivity index (χ2n) is 7.39. The normalized spacial score (nSPS) is 17.5. The van der Waals surface area contributed by atoms with Crippen molar-refractivity contribution in [2.45, 2.75) is 32.4 Å². The van der Waals surface area contributed by atoms with E-state index < -0.39 is 0 Å². The van der Waals surface area contributed by atoms with Crippen molar-refractivity contribution in [2.75, 3.05) is 19.6 Å². The van der Waals surface area contributed by atoms with E-state index in [9.17, 15) is 9.59 Å². The third kappa shape index (κ3) is 3.05. The van der Waals surface area contributed by atoms with Crippen LogP contribution in [0.5, 0.6) is 0 Å². The first-order valence-corrected chi connectivity index (χ1v) is 10.2. The molecule has 2 fully saturated rings. The number of nitrogens with zero attached hydrogens (tertiary/aromatic N) is 6. The molecule has 0 N–H and O–H groups in total. The average molecular weight is 396 g/mol. The number of rotatable bonds is 4. The molecule has 0 atom stereocenters. The summed E-state index contributed by atoms with van der Waals surface area (Å²) in [4.78, 5) is 32.6. The molecule has 3 aromatic rings. The monoisotopic (exact) mass is 396 g/mol. The first-order chi connectivity index (χ1) is 13.6. The van der Waals surface area contributed by atoms with Crippen LogP contribution in [0, 0.1) is 6.92 Å². The number of aromatic nitrogens is 4. The fourth-order valence-corrected chi connectivity index (χ4v) is 4.64. The lowest BCUT2D eigenvalue weighted by Gasteiger charge is -2.38. The van der Waals surface area contributed by atoms with Gasteiger partial charge in [-0.05, 0) is 31.5 Å². The van der Waals surface area contributed by atoms with E-state index in [1.165, 1.54) is 0 Å². The van der Waals surface area contributed by atoms with Crippen LogP contribution in [-0.4, -0.2) is 61.2 Å². The number of likely N-dealkylation sites (tertiary alicyclic amines) is 2. The van der Waals surface area contributed by atoms with Crippen molar-refractivity contribution in [3.8, 4) is 0 Å². The van der Waals surface area contributed by atoms with Crippen LogP contribution in [0.4, 0.5) is 0 Å². The molecule has 2 aliphatic heterocycles. The van der Waals surface area contributed by atoms with Crippen molar-refractivity contribution in [3.05, 3.63) is 40.7 Å². The van der Waals surface area contributed by atoms with Crippen LogP contribution in [-0.2, 0) is 11.3 Å². The van der Waals surface area contributed by atoms with Gasteiger partial charge in [-0.2, -0.15) is 0 Å². The van der Waals surface area contributed by atoms with Gasteiger partial charge in [-0.3, -0.25) is 9.59 Å². The van der Waals surface area contributed by atoms with Crippen LogP contribution in [0.15, 0.2) is 24.4 Å². The van der Waals surface area contributed by atoms with Gasteiger partial charge >= 0.3 is 0 Å². The van der Waals surface area contributed by atoms with Gasteiger partial charge in [0.1, 0.15) is 5.69 Å². The molecule has 9 heteroatoms. The highest BCUT2D eigenvalue weighted by Gasteiger charge is 2.33. The van der Waals surface area contributed by atoms with Gasteiger partial charge in [0, 0.05) is 31.6 Å². The predicted octanol–water partition coefficient (Wildman–Crippen LogP) is 2.02. The molecule has 8 nitrogen and oxygen atoms in total. The number of hydrogen-bond acceptors (Lipinski definition) is 6. The van der Waals surface area contributed by atoms with E-state index in [1.807, 2.05) is 45.8 Å². The maximum absolute atomic E-state index is 12.7. The molecular weight excluding hydrogens is 376 g/mol. The molecule has 144 valence electrons. The highest BCUT2D eigenvalue weighted by Crippen LogP contribution is 2.26. The molecule has 0 aliphatic carbocycles. The van der Waals surface area contributed by atoms with Crippen molar-refractivity contribution in [1.82, 2.24) is 29.8 Å². The summed E-state index contributed by atoms with van der Waals surface area (Å²) >= 11 is 1.60. The Labute approximate surface area is 165 Å². The smallest absolute Gasteiger partial charge is 0.254 e. The van der Waals surface area contributed by atoms with Gasteiger partial charge in [0.05, 0.1) is 34.0 Å². The predicted molar refractivity (Wildman–Crippen MR) is 104 cm³/mol. The Hall–Kier alpha value is -2.81. The Morgan fingerprint density at radius 2 is 2.18 bits per heavy atom. The molecule has 2 amide bonds. The van der Waals surface area contributed by atoms with Crippen molar-refractivity contribution >= 4 is 33.4 Å². The van der Waals surface area contributed by atoms with Crippen molar-refractivity contribution in [1.29, 1.82) is 0 Å². The van der Waals surface area contributed by atoms with Crippen LogP contribution in [0.25, 0.3) is 10.2 Å². The molecule has 5 rings (SSSR count). The molecule has 0 bridgehead atoms. The second kappa shape index (κ2) is 6.66. The number of benzene rings is 1. The first kappa shape index (κ1) is 17.3. The highest BCUT2D eigenvalue weighted by molar-refractivity contribution is 7.18. The molecule has 0 radical (unpaired) electrons. The number of carbonyl (C=O) groups is 2. The molecule has 2 aromatic heterocycles. The van der Waals surface area contributed by atoms with Crippen LogP contribution in [0.3, 0.4) is 0 Å². The maximum Gasteiger partial charge on any atom is 0.254 e. The van der Waals surface area contributed by atoms with Crippen molar-refractivity contribution in [2.24, 2.45) is 0 Å². The SMILES string of the molecule is Cc1nc2ccc(C(=O)N3CC(n4cc(CN5CCCC5=O)nn4)C3)cc2s1. The lowest BCUT2D eigenvalue weighted by molar-refractivity contribution is -0.128. The van der Waals surface area contributed by atoms with E-state index in [2.05, 4.69) is 15.3 Å². The molecule has 2 aliphatic rings. The number of aryl methyl sites for hydroxylation is 1. The largest absolute Gasteiger partial charge is 0.337 e. The minimum Gasteiger partial charge on any atom is -0.337 e. The summed E-state index contributed by atoms with van der Waals surface area (Å²) in [5.74, 6) is 0.218. The third-order valence-electron chi connectivity index (χ3n) is 5.35. The number of carbonyl (C=O) groups excluding carboxylic acids is 2. The Balaban J connectivity index is 1.22. The van der Waals surface area contributed by atoms with Crippen molar-refractivity contribution < 1.29 is 9.59 Å². The van der Waals surface area contributed by atoms with Gasteiger partial charge in [-0.1, -0.05) is 5.21 Å². The molecule has 0 spiro atoms. The quantitative estimate of drug-likeness (QED) is 0.674. The molecule has 0 saturated carbocycles. The number of thiazole rings is 1. The molecule has 0 unspecified atom stereocenters. The Kier molecular flexibility index (Phi) is 4.12. The summed E-state index contributed by atoms with van der Waals surface area (Å²) in [6.07, 6.45) is 3.44. The fourth-order valence-electron chi connectivity index (χ4n) is 3.77. The molecule has 28 heavy (non-hydrogen) atoms. The van der Waals surface area contributed by atoms with Gasteiger partial charge in [0.25, 0.3) is 5.91 Å².